The number of alkyl halides is 2. The van der Waals surface area contributed by atoms with Gasteiger partial charge in [0.2, 0.25) is 0 Å². The summed E-state index contributed by atoms with van der Waals surface area (Å²) in [6.45, 7) is -2.81. The lowest BCUT2D eigenvalue weighted by atomic mass is 10.2. The van der Waals surface area contributed by atoms with Crippen LogP contribution >= 0.6 is 0 Å². The molecule has 0 saturated heterocycles. The fraction of sp³-hybridized carbons (Fsp3) is 0.111. The van der Waals surface area contributed by atoms with Crippen molar-refractivity contribution in [2.75, 3.05) is 0 Å². The van der Waals surface area contributed by atoms with Gasteiger partial charge in [0.15, 0.2) is 6.26 Å². The largest absolute Gasteiger partial charge is 0.453 e. The Bertz CT molecular complexity index is 409. The first-order chi connectivity index (χ1) is 6.25. The number of furan rings is 1. The normalized spacial score (nSPS) is 11.0. The van der Waals surface area contributed by atoms with Gasteiger partial charge in [-0.3, -0.25) is 0 Å². The van der Waals surface area contributed by atoms with E-state index in [1.807, 2.05) is 0 Å². The molecule has 0 amide bonds. The molecule has 0 bridgehead atoms. The molecule has 0 N–H and O–H groups in total. The van der Waals surface area contributed by atoms with Gasteiger partial charge in [-0.2, -0.15) is 8.78 Å². The molecule has 0 spiro atoms. The minimum absolute atomic E-state index is 0.0888. The van der Waals surface area contributed by atoms with Crippen molar-refractivity contribution in [3.05, 3.63) is 30.5 Å². The summed E-state index contributed by atoms with van der Waals surface area (Å²) in [6, 6.07) is 6.12. The minimum atomic E-state index is -2.81. The van der Waals surface area contributed by atoms with E-state index < -0.39 is 6.61 Å². The summed E-state index contributed by atoms with van der Waals surface area (Å²) in [7, 11) is 0. The van der Waals surface area contributed by atoms with Crippen LogP contribution < -0.4 is 4.74 Å². The van der Waals surface area contributed by atoms with E-state index in [0.717, 1.165) is 5.39 Å². The molecule has 0 aliphatic carbocycles. The van der Waals surface area contributed by atoms with Crippen LogP contribution in [0.25, 0.3) is 11.0 Å². The first kappa shape index (κ1) is 8.04. The van der Waals surface area contributed by atoms with Gasteiger partial charge in [-0.1, -0.05) is 0 Å². The molecule has 2 aromatic rings. The molecule has 1 aromatic carbocycles. The van der Waals surface area contributed by atoms with Gasteiger partial charge in [0.25, 0.3) is 0 Å². The SMILES string of the molecule is FC(F)Oc1ccc2c[c]oc2c1. The van der Waals surface area contributed by atoms with Gasteiger partial charge >= 0.3 is 6.61 Å². The van der Waals surface area contributed by atoms with Crippen LogP contribution in [0.15, 0.2) is 28.7 Å². The molecule has 0 unspecified atom stereocenters. The third-order valence-electron chi connectivity index (χ3n) is 1.59. The van der Waals surface area contributed by atoms with E-state index in [-0.39, 0.29) is 5.75 Å². The van der Waals surface area contributed by atoms with E-state index >= 15 is 0 Å². The quantitative estimate of drug-likeness (QED) is 0.714. The molecule has 2 rings (SSSR count). The Kier molecular flexibility index (Phi) is 1.88. The van der Waals surface area contributed by atoms with E-state index in [1.165, 1.54) is 12.1 Å². The first-order valence-corrected chi connectivity index (χ1v) is 3.60. The van der Waals surface area contributed by atoms with Gasteiger partial charge in [-0.25, -0.2) is 0 Å². The summed E-state index contributed by atoms with van der Waals surface area (Å²) in [4.78, 5) is 0. The highest BCUT2D eigenvalue weighted by Crippen LogP contribution is 2.22. The highest BCUT2D eigenvalue weighted by Gasteiger charge is 2.05. The highest BCUT2D eigenvalue weighted by molar-refractivity contribution is 5.78. The third-order valence-corrected chi connectivity index (χ3v) is 1.59. The molecule has 4 heteroatoms. The zero-order valence-electron chi connectivity index (χ0n) is 6.46. The standard InChI is InChI=1S/C9H5F2O2/c10-9(11)13-7-2-1-6-3-4-12-8(6)5-7/h1-3,5,9H. The lowest BCUT2D eigenvalue weighted by molar-refractivity contribution is -0.0497. The molecule has 0 aliphatic heterocycles. The number of rotatable bonds is 2. The zero-order valence-corrected chi connectivity index (χ0v) is 6.46. The van der Waals surface area contributed by atoms with E-state index in [1.54, 1.807) is 12.1 Å². The number of fused-ring (bicyclic) bond motifs is 1. The summed E-state index contributed by atoms with van der Waals surface area (Å²) in [5, 5.41) is 0.807. The van der Waals surface area contributed by atoms with Crippen molar-refractivity contribution in [1.29, 1.82) is 0 Å². The molecular weight excluding hydrogens is 178 g/mol. The zero-order chi connectivity index (χ0) is 9.26. The van der Waals surface area contributed by atoms with Gasteiger partial charge in [-0.05, 0) is 18.2 Å². The average molecular weight is 183 g/mol. The summed E-state index contributed by atoms with van der Waals surface area (Å²) < 4.78 is 32.6. The number of halogens is 2. The average Bonchev–Trinajstić information content (AvgIpc) is 2.49. The van der Waals surface area contributed by atoms with Gasteiger partial charge in [0.05, 0.1) is 0 Å². The molecule has 2 nitrogen and oxygen atoms in total. The Labute approximate surface area is 72.7 Å². The minimum Gasteiger partial charge on any atom is -0.453 e. The second-order valence-electron chi connectivity index (χ2n) is 2.44. The molecule has 1 heterocycles. The lowest BCUT2D eigenvalue weighted by Crippen LogP contribution is -2.01. The Morgan fingerprint density at radius 2 is 2.23 bits per heavy atom. The van der Waals surface area contributed by atoms with E-state index in [4.69, 9.17) is 4.42 Å². The van der Waals surface area contributed by atoms with Crippen molar-refractivity contribution in [1.82, 2.24) is 0 Å². The monoisotopic (exact) mass is 183 g/mol. The second kappa shape index (κ2) is 3.05. The van der Waals surface area contributed by atoms with Crippen LogP contribution in [0.2, 0.25) is 0 Å². The summed E-state index contributed by atoms with van der Waals surface area (Å²) in [6.07, 6.45) is 2.50. The van der Waals surface area contributed by atoms with Gasteiger partial charge in [0.1, 0.15) is 11.3 Å². The number of hydrogen-bond acceptors (Lipinski definition) is 2. The fourth-order valence-corrected chi connectivity index (χ4v) is 1.05. The topological polar surface area (TPSA) is 22.4 Å². The summed E-state index contributed by atoms with van der Waals surface area (Å²) in [5.41, 5.74) is 0.484. The lowest BCUT2D eigenvalue weighted by Gasteiger charge is -2.02. The summed E-state index contributed by atoms with van der Waals surface area (Å²) in [5.74, 6) is 0.0888. The molecule has 13 heavy (non-hydrogen) atoms. The first-order valence-electron chi connectivity index (χ1n) is 3.60. The van der Waals surface area contributed by atoms with E-state index in [0.29, 0.717) is 5.58 Å². The van der Waals surface area contributed by atoms with E-state index in [2.05, 4.69) is 11.0 Å². The molecule has 1 radical (unpaired) electrons. The predicted octanol–water partition coefficient (Wildman–Crippen LogP) is 2.83. The van der Waals surface area contributed by atoms with Crippen LogP contribution in [0.4, 0.5) is 8.78 Å². The number of hydrogen-bond donors (Lipinski definition) is 0. The number of benzene rings is 1. The third kappa shape index (κ3) is 1.61. The molecule has 0 atom stereocenters. The fourth-order valence-electron chi connectivity index (χ4n) is 1.05. The Balaban J connectivity index is 2.37. The van der Waals surface area contributed by atoms with Crippen molar-refractivity contribution in [3.8, 4) is 5.75 Å². The maximum atomic E-state index is 11.8. The van der Waals surface area contributed by atoms with Crippen molar-refractivity contribution >= 4 is 11.0 Å². The van der Waals surface area contributed by atoms with Crippen LogP contribution in [-0.4, -0.2) is 6.61 Å². The van der Waals surface area contributed by atoms with Crippen LogP contribution in [0.1, 0.15) is 0 Å². The van der Waals surface area contributed by atoms with Crippen LogP contribution in [0, 0.1) is 6.26 Å². The Morgan fingerprint density at radius 1 is 1.38 bits per heavy atom. The maximum absolute atomic E-state index is 11.8. The van der Waals surface area contributed by atoms with Crippen LogP contribution in [0.3, 0.4) is 0 Å². The Hall–Kier alpha value is -1.58. The molecule has 0 aliphatic rings. The molecular formula is C9H5F2O2. The summed E-state index contributed by atoms with van der Waals surface area (Å²) >= 11 is 0. The number of ether oxygens (including phenoxy) is 1. The smallest absolute Gasteiger partial charge is 0.387 e. The molecule has 1 aromatic heterocycles. The van der Waals surface area contributed by atoms with Crippen molar-refractivity contribution in [2.24, 2.45) is 0 Å². The van der Waals surface area contributed by atoms with Gasteiger partial charge in [-0.15, -0.1) is 0 Å². The Morgan fingerprint density at radius 3 is 3.00 bits per heavy atom. The maximum Gasteiger partial charge on any atom is 0.387 e. The van der Waals surface area contributed by atoms with Gasteiger partial charge in [0, 0.05) is 11.5 Å². The van der Waals surface area contributed by atoms with Gasteiger partial charge < -0.3 is 9.15 Å². The van der Waals surface area contributed by atoms with Crippen molar-refractivity contribution < 1.29 is 17.9 Å². The van der Waals surface area contributed by atoms with Crippen molar-refractivity contribution in [2.45, 2.75) is 6.61 Å². The van der Waals surface area contributed by atoms with Crippen molar-refractivity contribution in [3.63, 3.8) is 0 Å². The predicted molar refractivity (Wildman–Crippen MR) is 41.7 cm³/mol. The second-order valence-corrected chi connectivity index (χ2v) is 2.44. The molecule has 67 valence electrons. The molecule has 0 fully saturated rings. The van der Waals surface area contributed by atoms with Crippen LogP contribution in [-0.2, 0) is 0 Å². The molecule has 0 saturated carbocycles. The highest BCUT2D eigenvalue weighted by atomic mass is 19.3. The van der Waals surface area contributed by atoms with E-state index in [9.17, 15) is 8.78 Å². The van der Waals surface area contributed by atoms with Crippen LogP contribution in [0.5, 0.6) is 5.75 Å².